The van der Waals surface area contributed by atoms with Gasteiger partial charge in [0.05, 0.1) is 16.9 Å². The van der Waals surface area contributed by atoms with Crippen LogP contribution in [0.15, 0.2) is 41.0 Å². The number of benzene rings is 1. The van der Waals surface area contributed by atoms with E-state index in [1.54, 1.807) is 18.0 Å². The first-order valence-electron chi connectivity index (χ1n) is 6.65. The van der Waals surface area contributed by atoms with Crippen LogP contribution in [-0.4, -0.2) is 23.3 Å². The number of halogens is 1. The van der Waals surface area contributed by atoms with E-state index >= 15 is 0 Å². The van der Waals surface area contributed by atoms with Crippen LogP contribution in [0.1, 0.15) is 5.76 Å². The molecule has 1 aromatic carbocycles. The van der Waals surface area contributed by atoms with Gasteiger partial charge in [-0.25, -0.2) is 4.79 Å². The minimum atomic E-state index is -0.601. The molecule has 7 nitrogen and oxygen atoms in total. The van der Waals surface area contributed by atoms with Crippen LogP contribution < -0.4 is 10.6 Å². The van der Waals surface area contributed by atoms with Gasteiger partial charge in [0, 0.05) is 24.1 Å². The van der Waals surface area contributed by atoms with Crippen molar-refractivity contribution < 1.29 is 14.1 Å². The Morgan fingerprint density at radius 2 is 2.22 bits per heavy atom. The first kappa shape index (κ1) is 17.2. The maximum absolute atomic E-state index is 11.7. The van der Waals surface area contributed by atoms with Gasteiger partial charge in [0.15, 0.2) is 0 Å². The fraction of sp³-hybridized carbons (Fsp3) is 0.214. The van der Waals surface area contributed by atoms with Gasteiger partial charge in [-0.2, -0.15) is 11.8 Å². The lowest BCUT2D eigenvalue weighted by Gasteiger charge is -2.07. The number of urea groups is 1. The molecule has 2 aromatic rings. The summed E-state index contributed by atoms with van der Waals surface area (Å²) in [5.41, 5.74) is 0.0558. The molecule has 9 heteroatoms. The third kappa shape index (κ3) is 5.50. The SMILES string of the molecule is O=C(NCCSCc1ccco1)Nc1ccc(Cl)c([N+](=O)[O-])c1. The summed E-state index contributed by atoms with van der Waals surface area (Å²) in [6, 6.07) is 7.37. The largest absolute Gasteiger partial charge is 0.468 e. The quantitative estimate of drug-likeness (QED) is 0.446. The van der Waals surface area contributed by atoms with E-state index in [1.165, 1.54) is 18.2 Å². The number of rotatable bonds is 7. The second kappa shape index (κ2) is 8.44. The van der Waals surface area contributed by atoms with E-state index in [2.05, 4.69) is 10.6 Å². The van der Waals surface area contributed by atoms with E-state index < -0.39 is 11.0 Å². The Balaban J connectivity index is 1.72. The summed E-state index contributed by atoms with van der Waals surface area (Å²) in [4.78, 5) is 21.9. The Bertz CT molecular complexity index is 679. The zero-order chi connectivity index (χ0) is 16.7. The van der Waals surface area contributed by atoms with E-state index in [0.29, 0.717) is 12.2 Å². The minimum absolute atomic E-state index is 0.0234. The lowest BCUT2D eigenvalue weighted by Crippen LogP contribution is -2.30. The Hall–Kier alpha value is -2.19. The molecule has 122 valence electrons. The standard InChI is InChI=1S/C14H14ClN3O4S/c15-12-4-3-10(8-13(12)18(20)21)17-14(19)16-5-7-23-9-11-2-1-6-22-11/h1-4,6,8H,5,7,9H2,(H2,16,17,19). The topological polar surface area (TPSA) is 97.4 Å². The summed E-state index contributed by atoms with van der Waals surface area (Å²) >= 11 is 7.33. The molecule has 0 saturated heterocycles. The molecule has 2 rings (SSSR count). The van der Waals surface area contributed by atoms with Crippen molar-refractivity contribution in [2.24, 2.45) is 0 Å². The molecule has 0 aliphatic carbocycles. The van der Waals surface area contributed by atoms with Crippen LogP contribution in [0.5, 0.6) is 0 Å². The summed E-state index contributed by atoms with van der Waals surface area (Å²) in [6.07, 6.45) is 1.62. The third-order valence-corrected chi connectivity index (χ3v) is 4.06. The van der Waals surface area contributed by atoms with Gasteiger partial charge in [0.2, 0.25) is 0 Å². The molecular weight excluding hydrogens is 342 g/mol. The van der Waals surface area contributed by atoms with Gasteiger partial charge >= 0.3 is 6.03 Å². The fourth-order valence-electron chi connectivity index (χ4n) is 1.71. The Labute approximate surface area is 141 Å². The van der Waals surface area contributed by atoms with Gasteiger partial charge in [0.1, 0.15) is 10.8 Å². The summed E-state index contributed by atoms with van der Waals surface area (Å²) in [6.45, 7) is 0.465. The second-order valence-corrected chi connectivity index (χ2v) is 5.95. The first-order chi connectivity index (χ1) is 11.1. The molecule has 0 atom stereocenters. The van der Waals surface area contributed by atoms with E-state index in [4.69, 9.17) is 16.0 Å². The first-order valence-corrected chi connectivity index (χ1v) is 8.18. The van der Waals surface area contributed by atoms with Crippen molar-refractivity contribution in [1.82, 2.24) is 5.32 Å². The van der Waals surface area contributed by atoms with Gasteiger partial charge in [-0.3, -0.25) is 10.1 Å². The molecule has 0 aliphatic rings. The van der Waals surface area contributed by atoms with Crippen LogP contribution in [0.4, 0.5) is 16.2 Å². The van der Waals surface area contributed by atoms with Gasteiger partial charge in [-0.15, -0.1) is 0 Å². The Kier molecular flexibility index (Phi) is 6.30. The highest BCUT2D eigenvalue weighted by atomic mass is 35.5. The molecule has 0 saturated carbocycles. The molecule has 0 aliphatic heterocycles. The van der Waals surface area contributed by atoms with Crippen LogP contribution in [0.25, 0.3) is 0 Å². The number of carbonyl (C=O) groups excluding carboxylic acids is 1. The molecule has 1 heterocycles. The molecule has 2 amide bonds. The number of nitrogens with one attached hydrogen (secondary N) is 2. The summed E-state index contributed by atoms with van der Waals surface area (Å²) < 4.78 is 5.19. The monoisotopic (exact) mass is 355 g/mol. The number of hydrogen-bond donors (Lipinski definition) is 2. The van der Waals surface area contributed by atoms with Gasteiger partial charge < -0.3 is 15.1 Å². The molecule has 1 aromatic heterocycles. The van der Waals surface area contributed by atoms with Crippen LogP contribution >= 0.6 is 23.4 Å². The normalized spacial score (nSPS) is 10.3. The number of nitro groups is 1. The Morgan fingerprint density at radius 1 is 1.39 bits per heavy atom. The van der Waals surface area contributed by atoms with E-state index in [1.807, 2.05) is 12.1 Å². The summed E-state index contributed by atoms with van der Waals surface area (Å²) in [5.74, 6) is 2.34. The fourth-order valence-corrected chi connectivity index (χ4v) is 2.65. The molecule has 2 N–H and O–H groups in total. The number of furan rings is 1. The highest BCUT2D eigenvalue weighted by molar-refractivity contribution is 7.98. The van der Waals surface area contributed by atoms with Crippen molar-refractivity contribution in [1.29, 1.82) is 0 Å². The number of thioether (sulfide) groups is 1. The molecule has 0 spiro atoms. The third-order valence-electron chi connectivity index (χ3n) is 2.76. The predicted molar refractivity (Wildman–Crippen MR) is 90.0 cm³/mol. The number of nitro benzene ring substituents is 1. The van der Waals surface area contributed by atoms with Crippen molar-refractivity contribution >= 4 is 40.8 Å². The average molecular weight is 356 g/mol. The molecule has 23 heavy (non-hydrogen) atoms. The molecule has 0 fully saturated rings. The lowest BCUT2D eigenvalue weighted by atomic mass is 10.3. The van der Waals surface area contributed by atoms with Gasteiger partial charge in [0.25, 0.3) is 5.69 Å². The maximum Gasteiger partial charge on any atom is 0.319 e. The number of amides is 2. The van der Waals surface area contributed by atoms with Crippen LogP contribution in [-0.2, 0) is 5.75 Å². The van der Waals surface area contributed by atoms with E-state index in [9.17, 15) is 14.9 Å². The van der Waals surface area contributed by atoms with Crippen molar-refractivity contribution in [2.45, 2.75) is 5.75 Å². The number of anilines is 1. The number of hydrogen-bond acceptors (Lipinski definition) is 5. The van der Waals surface area contributed by atoms with Crippen LogP contribution in [0.3, 0.4) is 0 Å². The highest BCUT2D eigenvalue weighted by Crippen LogP contribution is 2.27. The molecule has 0 bridgehead atoms. The summed E-state index contributed by atoms with van der Waals surface area (Å²) in [5, 5.41) is 16.0. The number of carbonyl (C=O) groups is 1. The van der Waals surface area contributed by atoms with Crippen LogP contribution in [0, 0.1) is 10.1 Å². The highest BCUT2D eigenvalue weighted by Gasteiger charge is 2.13. The Morgan fingerprint density at radius 3 is 2.91 bits per heavy atom. The van der Waals surface area contributed by atoms with E-state index in [-0.39, 0.29) is 10.7 Å². The zero-order valence-electron chi connectivity index (χ0n) is 12.0. The van der Waals surface area contributed by atoms with E-state index in [0.717, 1.165) is 17.3 Å². The minimum Gasteiger partial charge on any atom is -0.468 e. The van der Waals surface area contributed by atoms with Crippen molar-refractivity contribution in [3.8, 4) is 0 Å². The van der Waals surface area contributed by atoms with Crippen molar-refractivity contribution in [3.63, 3.8) is 0 Å². The van der Waals surface area contributed by atoms with Gasteiger partial charge in [-0.1, -0.05) is 11.6 Å². The van der Waals surface area contributed by atoms with Gasteiger partial charge in [-0.05, 0) is 24.3 Å². The summed E-state index contributed by atoms with van der Waals surface area (Å²) in [7, 11) is 0. The maximum atomic E-state index is 11.7. The average Bonchev–Trinajstić information content (AvgIpc) is 3.02. The zero-order valence-corrected chi connectivity index (χ0v) is 13.5. The van der Waals surface area contributed by atoms with Crippen LogP contribution in [0.2, 0.25) is 5.02 Å². The molecule has 0 unspecified atom stereocenters. The lowest BCUT2D eigenvalue weighted by molar-refractivity contribution is -0.384. The predicted octanol–water partition coefficient (Wildman–Crippen LogP) is 3.90. The molecular formula is C14H14ClN3O4S. The molecule has 0 radical (unpaired) electrons. The van der Waals surface area contributed by atoms with Crippen molar-refractivity contribution in [3.05, 3.63) is 57.5 Å². The second-order valence-electron chi connectivity index (χ2n) is 4.44. The smallest absolute Gasteiger partial charge is 0.319 e. The van der Waals surface area contributed by atoms with Crippen molar-refractivity contribution in [2.75, 3.05) is 17.6 Å². The number of nitrogens with zero attached hydrogens (tertiary/aromatic N) is 1.